The Kier molecular flexibility index (Phi) is 4.78. The van der Waals surface area contributed by atoms with Crippen LogP contribution in [0.3, 0.4) is 0 Å². The average molecular weight is 331 g/mol. The highest BCUT2D eigenvalue weighted by Gasteiger charge is 2.09. The highest BCUT2D eigenvalue weighted by Crippen LogP contribution is 2.22. The monoisotopic (exact) mass is 330 g/mol. The smallest absolute Gasteiger partial charge is 0.254 e. The molecule has 0 fully saturated rings. The number of hydrogen-bond donors (Lipinski definition) is 0. The van der Waals surface area contributed by atoms with Crippen LogP contribution in [0.25, 0.3) is 11.5 Å². The number of halogens is 1. The van der Waals surface area contributed by atoms with E-state index in [9.17, 15) is 0 Å². The highest BCUT2D eigenvalue weighted by atomic mass is 35.5. The predicted octanol–water partition coefficient (Wildman–Crippen LogP) is 4.37. The summed E-state index contributed by atoms with van der Waals surface area (Å²) in [4.78, 5) is 0. The van der Waals surface area contributed by atoms with Gasteiger partial charge >= 0.3 is 0 Å². The molecule has 0 unspecified atom stereocenters. The van der Waals surface area contributed by atoms with Crippen molar-refractivity contribution in [1.29, 1.82) is 0 Å². The van der Waals surface area contributed by atoms with Crippen LogP contribution in [0.5, 0.6) is 11.5 Å². The van der Waals surface area contributed by atoms with E-state index < -0.39 is 0 Å². The van der Waals surface area contributed by atoms with Crippen LogP contribution in [0.15, 0.2) is 52.9 Å². The lowest BCUT2D eigenvalue weighted by atomic mass is 10.2. The van der Waals surface area contributed by atoms with Gasteiger partial charge < -0.3 is 13.9 Å². The molecule has 5 nitrogen and oxygen atoms in total. The summed E-state index contributed by atoms with van der Waals surface area (Å²) >= 11 is 5.86. The maximum Gasteiger partial charge on any atom is 0.254 e. The van der Waals surface area contributed by atoms with Crippen LogP contribution in [0, 0.1) is 0 Å². The van der Waals surface area contributed by atoms with E-state index in [1.807, 2.05) is 43.3 Å². The average Bonchev–Trinajstić information content (AvgIpc) is 3.04. The lowest BCUT2D eigenvalue weighted by molar-refractivity contribution is 0.264. The first-order chi connectivity index (χ1) is 11.2. The molecule has 0 bridgehead atoms. The molecule has 0 saturated heterocycles. The number of ether oxygens (including phenoxy) is 2. The zero-order chi connectivity index (χ0) is 16.1. The van der Waals surface area contributed by atoms with Gasteiger partial charge in [-0.05, 0) is 55.5 Å². The second-order valence-electron chi connectivity index (χ2n) is 4.70. The molecule has 3 aromatic rings. The summed E-state index contributed by atoms with van der Waals surface area (Å²) < 4.78 is 16.6. The first kappa shape index (κ1) is 15.4. The first-order valence-electron chi connectivity index (χ1n) is 7.18. The molecular formula is C17H15ClN2O3. The first-order valence-corrected chi connectivity index (χ1v) is 7.56. The minimum atomic E-state index is 0.203. The van der Waals surface area contributed by atoms with E-state index in [-0.39, 0.29) is 6.61 Å². The van der Waals surface area contributed by atoms with E-state index >= 15 is 0 Å². The standard InChI is InChI=1S/C17H15ClN2O3/c1-2-21-14-7-9-15(10-8-14)22-11-16-19-20-17(23-16)12-3-5-13(18)6-4-12/h3-10H,2,11H2,1H3. The summed E-state index contributed by atoms with van der Waals surface area (Å²) in [5, 5.41) is 8.64. The van der Waals surface area contributed by atoms with Crippen molar-refractivity contribution in [2.75, 3.05) is 6.61 Å². The molecule has 0 N–H and O–H groups in total. The lowest BCUT2D eigenvalue weighted by Crippen LogP contribution is -1.96. The number of aromatic nitrogens is 2. The normalized spacial score (nSPS) is 10.5. The number of rotatable bonds is 6. The van der Waals surface area contributed by atoms with Gasteiger partial charge in [0.05, 0.1) is 6.61 Å². The molecule has 0 atom stereocenters. The fraction of sp³-hybridized carbons (Fsp3) is 0.176. The number of hydrogen-bond acceptors (Lipinski definition) is 5. The number of benzene rings is 2. The molecule has 0 spiro atoms. The van der Waals surface area contributed by atoms with E-state index in [4.69, 9.17) is 25.5 Å². The molecule has 0 aliphatic rings. The van der Waals surface area contributed by atoms with Crippen molar-refractivity contribution >= 4 is 11.6 Å². The molecule has 0 amide bonds. The lowest BCUT2D eigenvalue weighted by Gasteiger charge is -2.05. The van der Waals surface area contributed by atoms with Crippen LogP contribution in [-0.4, -0.2) is 16.8 Å². The van der Waals surface area contributed by atoms with Gasteiger partial charge in [0.1, 0.15) is 11.5 Å². The Hall–Kier alpha value is -2.53. The van der Waals surface area contributed by atoms with Gasteiger partial charge in [-0.2, -0.15) is 0 Å². The molecule has 1 aromatic heterocycles. The highest BCUT2D eigenvalue weighted by molar-refractivity contribution is 6.30. The van der Waals surface area contributed by atoms with Crippen LogP contribution in [0.1, 0.15) is 12.8 Å². The zero-order valence-electron chi connectivity index (χ0n) is 12.5. The third kappa shape index (κ3) is 4.02. The van der Waals surface area contributed by atoms with Crippen LogP contribution < -0.4 is 9.47 Å². The van der Waals surface area contributed by atoms with E-state index in [1.165, 1.54) is 0 Å². The molecule has 23 heavy (non-hydrogen) atoms. The fourth-order valence-electron chi connectivity index (χ4n) is 1.96. The van der Waals surface area contributed by atoms with Crippen molar-refractivity contribution in [2.45, 2.75) is 13.5 Å². The van der Waals surface area contributed by atoms with E-state index in [2.05, 4.69) is 10.2 Å². The van der Waals surface area contributed by atoms with Crippen molar-refractivity contribution in [3.8, 4) is 23.0 Å². The Labute approximate surface area is 138 Å². The minimum Gasteiger partial charge on any atom is -0.494 e. The fourth-order valence-corrected chi connectivity index (χ4v) is 2.09. The summed E-state index contributed by atoms with van der Waals surface area (Å²) in [5.41, 5.74) is 0.814. The predicted molar refractivity (Wildman–Crippen MR) is 86.7 cm³/mol. The van der Waals surface area contributed by atoms with Gasteiger partial charge in [0.2, 0.25) is 5.89 Å². The minimum absolute atomic E-state index is 0.203. The molecule has 1 heterocycles. The second-order valence-corrected chi connectivity index (χ2v) is 5.14. The summed E-state index contributed by atoms with van der Waals surface area (Å²) in [6.07, 6.45) is 0. The largest absolute Gasteiger partial charge is 0.494 e. The maximum absolute atomic E-state index is 5.86. The van der Waals surface area contributed by atoms with Crippen LogP contribution in [0.2, 0.25) is 5.02 Å². The molecule has 6 heteroatoms. The van der Waals surface area contributed by atoms with E-state index in [0.717, 1.165) is 11.3 Å². The van der Waals surface area contributed by atoms with Crippen LogP contribution in [0.4, 0.5) is 0 Å². The molecule has 0 aliphatic heterocycles. The quantitative estimate of drug-likeness (QED) is 0.671. The van der Waals surface area contributed by atoms with Crippen molar-refractivity contribution in [3.05, 3.63) is 59.4 Å². The van der Waals surface area contributed by atoms with Gasteiger partial charge in [-0.1, -0.05) is 11.6 Å². The second kappa shape index (κ2) is 7.15. The Bertz CT molecular complexity index is 754. The Morgan fingerprint density at radius 1 is 0.913 bits per heavy atom. The van der Waals surface area contributed by atoms with Gasteiger partial charge in [-0.25, -0.2) is 0 Å². The third-order valence-corrected chi connectivity index (χ3v) is 3.31. The molecule has 3 rings (SSSR count). The molecule has 2 aromatic carbocycles. The summed E-state index contributed by atoms with van der Waals surface area (Å²) in [6, 6.07) is 14.6. The van der Waals surface area contributed by atoms with Gasteiger partial charge in [-0.15, -0.1) is 10.2 Å². The molecule has 118 valence electrons. The van der Waals surface area contributed by atoms with E-state index in [1.54, 1.807) is 12.1 Å². The Balaban J connectivity index is 1.61. The SMILES string of the molecule is CCOc1ccc(OCc2nnc(-c3ccc(Cl)cc3)o2)cc1. The van der Waals surface area contributed by atoms with Crippen LogP contribution >= 0.6 is 11.6 Å². The van der Waals surface area contributed by atoms with Gasteiger partial charge in [-0.3, -0.25) is 0 Å². The van der Waals surface area contributed by atoms with Gasteiger partial charge in [0.25, 0.3) is 5.89 Å². The summed E-state index contributed by atoms with van der Waals surface area (Å²) in [6.45, 7) is 2.78. The third-order valence-electron chi connectivity index (χ3n) is 3.06. The molecule has 0 radical (unpaired) electrons. The molecule has 0 saturated carbocycles. The van der Waals surface area contributed by atoms with Crippen molar-refractivity contribution in [1.82, 2.24) is 10.2 Å². The summed E-state index contributed by atoms with van der Waals surface area (Å²) in [7, 11) is 0. The zero-order valence-corrected chi connectivity index (χ0v) is 13.3. The molecular weight excluding hydrogens is 316 g/mol. The summed E-state index contributed by atoms with van der Waals surface area (Å²) in [5.74, 6) is 2.36. The van der Waals surface area contributed by atoms with Gasteiger partial charge in [0.15, 0.2) is 6.61 Å². The van der Waals surface area contributed by atoms with Gasteiger partial charge in [0, 0.05) is 10.6 Å². The topological polar surface area (TPSA) is 57.4 Å². The Morgan fingerprint density at radius 3 is 2.22 bits per heavy atom. The Morgan fingerprint density at radius 2 is 1.57 bits per heavy atom. The van der Waals surface area contributed by atoms with E-state index in [0.29, 0.717) is 29.2 Å². The van der Waals surface area contributed by atoms with Crippen molar-refractivity contribution < 1.29 is 13.9 Å². The molecule has 0 aliphatic carbocycles. The number of nitrogens with zero attached hydrogens (tertiary/aromatic N) is 2. The van der Waals surface area contributed by atoms with Crippen LogP contribution in [-0.2, 0) is 6.61 Å². The van der Waals surface area contributed by atoms with Crippen molar-refractivity contribution in [2.24, 2.45) is 0 Å². The van der Waals surface area contributed by atoms with Crippen molar-refractivity contribution in [3.63, 3.8) is 0 Å². The maximum atomic E-state index is 5.86.